The van der Waals surface area contributed by atoms with Crippen LogP contribution < -0.4 is 4.90 Å². The lowest BCUT2D eigenvalue weighted by molar-refractivity contribution is 0.669. The van der Waals surface area contributed by atoms with Crippen LogP contribution in [-0.2, 0) is 0 Å². The standard InChI is InChI=1S/C49H32N2O/c1-3-12-33(13-4-1)34-22-24-38(25-23-34)51(47-32-50-31-37-28-46-43-19-9-10-21-48(43)52-49(46)30-44(37)47)39-26-27-41(35-14-5-2-6-15-35)45(29-39)42-20-11-17-36-16-7-8-18-40(36)42/h1-32H. The van der Waals surface area contributed by atoms with Crippen LogP contribution in [0.5, 0.6) is 0 Å². The first-order valence-corrected chi connectivity index (χ1v) is 17.6. The van der Waals surface area contributed by atoms with E-state index in [1.54, 1.807) is 0 Å². The van der Waals surface area contributed by atoms with E-state index >= 15 is 0 Å². The number of aromatic nitrogens is 1. The van der Waals surface area contributed by atoms with E-state index in [9.17, 15) is 0 Å². The van der Waals surface area contributed by atoms with Gasteiger partial charge >= 0.3 is 0 Å². The second-order valence-corrected chi connectivity index (χ2v) is 13.2. The fourth-order valence-electron chi connectivity index (χ4n) is 7.64. The predicted octanol–water partition coefficient (Wildman–Crippen LogP) is 13.8. The number of furan rings is 1. The molecular weight excluding hydrogens is 633 g/mol. The van der Waals surface area contributed by atoms with Crippen molar-refractivity contribution >= 4 is 60.5 Å². The molecule has 0 spiro atoms. The first kappa shape index (κ1) is 29.9. The van der Waals surface area contributed by atoms with Crippen LogP contribution in [0, 0.1) is 0 Å². The van der Waals surface area contributed by atoms with Gasteiger partial charge in [-0.15, -0.1) is 0 Å². The van der Waals surface area contributed by atoms with Crippen LogP contribution in [0.25, 0.3) is 76.9 Å². The lowest BCUT2D eigenvalue weighted by Crippen LogP contribution is -2.11. The molecule has 0 N–H and O–H groups in total. The van der Waals surface area contributed by atoms with Crippen LogP contribution in [0.1, 0.15) is 0 Å². The third-order valence-corrected chi connectivity index (χ3v) is 10.1. The van der Waals surface area contributed by atoms with Crippen molar-refractivity contribution in [1.29, 1.82) is 0 Å². The van der Waals surface area contributed by atoms with E-state index in [1.807, 2.05) is 24.5 Å². The SMILES string of the molecule is c1ccc(-c2ccc(N(c3ccc(-c4ccccc4)c(-c4cccc5ccccc45)c3)c3cncc4cc5c(cc34)oc3ccccc35)cc2)cc1. The molecule has 0 aliphatic carbocycles. The van der Waals surface area contributed by atoms with Gasteiger partial charge in [0, 0.05) is 39.1 Å². The number of hydrogen-bond donors (Lipinski definition) is 0. The molecule has 0 saturated heterocycles. The normalized spacial score (nSPS) is 11.5. The first-order chi connectivity index (χ1) is 25.8. The molecule has 52 heavy (non-hydrogen) atoms. The number of nitrogens with zero attached hydrogens (tertiary/aromatic N) is 2. The lowest BCUT2D eigenvalue weighted by Gasteiger charge is -2.28. The van der Waals surface area contributed by atoms with Gasteiger partial charge in [0.2, 0.25) is 0 Å². The highest BCUT2D eigenvalue weighted by molar-refractivity contribution is 6.13. The number of hydrogen-bond acceptors (Lipinski definition) is 3. The summed E-state index contributed by atoms with van der Waals surface area (Å²) in [6.07, 6.45) is 3.93. The van der Waals surface area contributed by atoms with Gasteiger partial charge in [0.15, 0.2) is 0 Å². The summed E-state index contributed by atoms with van der Waals surface area (Å²) in [4.78, 5) is 7.17. The molecule has 0 saturated carbocycles. The molecule has 0 aliphatic heterocycles. The highest BCUT2D eigenvalue weighted by atomic mass is 16.3. The molecule has 2 heterocycles. The molecule has 10 aromatic rings. The zero-order valence-electron chi connectivity index (χ0n) is 28.3. The third kappa shape index (κ3) is 5.10. The lowest BCUT2D eigenvalue weighted by atomic mass is 9.90. The molecule has 0 amide bonds. The quantitative estimate of drug-likeness (QED) is 0.177. The van der Waals surface area contributed by atoms with Gasteiger partial charge in [-0.25, -0.2) is 0 Å². The van der Waals surface area contributed by atoms with Crippen molar-refractivity contribution in [3.63, 3.8) is 0 Å². The summed E-state index contributed by atoms with van der Waals surface area (Å²) >= 11 is 0. The van der Waals surface area contributed by atoms with Crippen molar-refractivity contribution < 1.29 is 4.42 Å². The van der Waals surface area contributed by atoms with E-state index in [2.05, 4.69) is 175 Å². The third-order valence-electron chi connectivity index (χ3n) is 10.1. The maximum atomic E-state index is 6.42. The minimum absolute atomic E-state index is 0.858. The summed E-state index contributed by atoms with van der Waals surface area (Å²) in [5.41, 5.74) is 11.9. The number of para-hydroxylation sites is 1. The average molecular weight is 665 g/mol. The Morgan fingerprint density at radius 2 is 1.04 bits per heavy atom. The Bertz CT molecular complexity index is 2890. The molecule has 8 aromatic carbocycles. The number of fused-ring (bicyclic) bond motifs is 5. The van der Waals surface area contributed by atoms with Crippen molar-refractivity contribution in [2.24, 2.45) is 0 Å². The zero-order chi connectivity index (χ0) is 34.4. The smallest absolute Gasteiger partial charge is 0.136 e. The van der Waals surface area contributed by atoms with Crippen LogP contribution in [0.2, 0.25) is 0 Å². The van der Waals surface area contributed by atoms with Gasteiger partial charge in [-0.1, -0.05) is 140 Å². The summed E-state index contributed by atoms with van der Waals surface area (Å²) in [5.74, 6) is 0. The first-order valence-electron chi connectivity index (χ1n) is 17.6. The summed E-state index contributed by atoms with van der Waals surface area (Å²) in [5, 5.41) is 6.74. The van der Waals surface area contributed by atoms with E-state index in [0.29, 0.717) is 0 Å². The molecule has 10 rings (SSSR count). The van der Waals surface area contributed by atoms with E-state index in [1.165, 1.54) is 44.2 Å². The molecule has 0 aliphatic rings. The minimum atomic E-state index is 0.858. The van der Waals surface area contributed by atoms with Gasteiger partial charge in [-0.3, -0.25) is 4.98 Å². The van der Waals surface area contributed by atoms with Gasteiger partial charge in [-0.05, 0) is 86.6 Å². The molecule has 3 heteroatoms. The van der Waals surface area contributed by atoms with E-state index in [-0.39, 0.29) is 0 Å². The largest absolute Gasteiger partial charge is 0.456 e. The van der Waals surface area contributed by atoms with Gasteiger partial charge in [0.1, 0.15) is 11.2 Å². The maximum Gasteiger partial charge on any atom is 0.136 e. The van der Waals surface area contributed by atoms with Gasteiger partial charge in [0.05, 0.1) is 11.9 Å². The van der Waals surface area contributed by atoms with Crippen LogP contribution in [-0.4, -0.2) is 4.98 Å². The summed E-state index contributed by atoms with van der Waals surface area (Å²) in [6, 6.07) is 64.7. The monoisotopic (exact) mass is 664 g/mol. The summed E-state index contributed by atoms with van der Waals surface area (Å²) in [7, 11) is 0. The molecule has 0 fully saturated rings. The molecule has 2 aromatic heterocycles. The molecule has 3 nitrogen and oxygen atoms in total. The Balaban J connectivity index is 1.23. The minimum Gasteiger partial charge on any atom is -0.456 e. The second-order valence-electron chi connectivity index (χ2n) is 13.2. The topological polar surface area (TPSA) is 29.3 Å². The average Bonchev–Trinajstić information content (AvgIpc) is 3.58. The Kier molecular flexibility index (Phi) is 7.14. The molecule has 0 unspecified atom stereocenters. The Morgan fingerprint density at radius 3 is 1.87 bits per heavy atom. The van der Waals surface area contributed by atoms with Crippen molar-refractivity contribution in [3.05, 3.63) is 194 Å². The fourth-order valence-corrected chi connectivity index (χ4v) is 7.64. The molecule has 0 atom stereocenters. The van der Waals surface area contributed by atoms with Crippen molar-refractivity contribution in [3.8, 4) is 33.4 Å². The van der Waals surface area contributed by atoms with E-state index in [0.717, 1.165) is 49.8 Å². The summed E-state index contributed by atoms with van der Waals surface area (Å²) < 4.78 is 6.42. The Morgan fingerprint density at radius 1 is 0.365 bits per heavy atom. The van der Waals surface area contributed by atoms with Crippen LogP contribution >= 0.6 is 0 Å². The maximum absolute atomic E-state index is 6.42. The Hall–Kier alpha value is -6.97. The number of benzene rings is 8. The highest BCUT2D eigenvalue weighted by Gasteiger charge is 2.21. The predicted molar refractivity (Wildman–Crippen MR) is 218 cm³/mol. The number of pyridine rings is 1. The van der Waals surface area contributed by atoms with Gasteiger partial charge in [-0.2, -0.15) is 0 Å². The second kappa shape index (κ2) is 12.4. The number of anilines is 3. The van der Waals surface area contributed by atoms with Gasteiger partial charge in [0.25, 0.3) is 0 Å². The number of rotatable bonds is 6. The van der Waals surface area contributed by atoms with E-state index < -0.39 is 0 Å². The fraction of sp³-hybridized carbons (Fsp3) is 0. The van der Waals surface area contributed by atoms with Crippen molar-refractivity contribution in [2.75, 3.05) is 4.90 Å². The highest BCUT2D eigenvalue weighted by Crippen LogP contribution is 2.45. The van der Waals surface area contributed by atoms with Crippen LogP contribution in [0.3, 0.4) is 0 Å². The zero-order valence-corrected chi connectivity index (χ0v) is 28.3. The molecule has 244 valence electrons. The molecule has 0 radical (unpaired) electrons. The van der Waals surface area contributed by atoms with Gasteiger partial charge < -0.3 is 9.32 Å². The molecular formula is C49H32N2O. The van der Waals surface area contributed by atoms with Crippen LogP contribution in [0.4, 0.5) is 17.1 Å². The Labute approximate surface area is 301 Å². The van der Waals surface area contributed by atoms with Crippen molar-refractivity contribution in [1.82, 2.24) is 4.98 Å². The van der Waals surface area contributed by atoms with Crippen molar-refractivity contribution in [2.45, 2.75) is 0 Å². The van der Waals surface area contributed by atoms with E-state index in [4.69, 9.17) is 9.40 Å². The summed E-state index contributed by atoms with van der Waals surface area (Å²) in [6.45, 7) is 0. The molecule has 0 bridgehead atoms. The van der Waals surface area contributed by atoms with Crippen LogP contribution in [0.15, 0.2) is 199 Å².